The number of β-amino-alcohol motifs (C(OH)–C–C–N with tert-alkyl or cyclic N) is 1. The Morgan fingerprint density at radius 1 is 1.44 bits per heavy atom. The third-order valence-electron chi connectivity index (χ3n) is 3.01. The predicted octanol–water partition coefficient (Wildman–Crippen LogP) is 1.44. The molecule has 0 bridgehead atoms. The SMILES string of the molecule is Cc1ccccc1OCCN1CC[C@@H](O)C1. The topological polar surface area (TPSA) is 32.7 Å². The zero-order chi connectivity index (χ0) is 11.4. The van der Waals surface area contributed by atoms with Gasteiger partial charge in [-0.2, -0.15) is 0 Å². The highest BCUT2D eigenvalue weighted by atomic mass is 16.5. The number of benzene rings is 1. The van der Waals surface area contributed by atoms with E-state index in [0.717, 1.165) is 31.8 Å². The molecule has 0 radical (unpaired) electrons. The van der Waals surface area contributed by atoms with Crippen molar-refractivity contribution in [3.05, 3.63) is 29.8 Å². The van der Waals surface area contributed by atoms with Crippen molar-refractivity contribution in [2.45, 2.75) is 19.4 Å². The average molecular weight is 221 g/mol. The van der Waals surface area contributed by atoms with Crippen LogP contribution in [0.2, 0.25) is 0 Å². The lowest BCUT2D eigenvalue weighted by molar-refractivity contribution is 0.167. The first-order valence-electron chi connectivity index (χ1n) is 5.84. The molecule has 1 heterocycles. The van der Waals surface area contributed by atoms with Crippen LogP contribution < -0.4 is 4.74 Å². The van der Waals surface area contributed by atoms with Crippen LogP contribution in [0.5, 0.6) is 5.75 Å². The number of hydrogen-bond donors (Lipinski definition) is 1. The van der Waals surface area contributed by atoms with Crippen molar-refractivity contribution in [1.82, 2.24) is 4.90 Å². The van der Waals surface area contributed by atoms with E-state index >= 15 is 0 Å². The first kappa shape index (κ1) is 11.4. The summed E-state index contributed by atoms with van der Waals surface area (Å²) in [5.41, 5.74) is 1.17. The minimum absolute atomic E-state index is 0.140. The van der Waals surface area contributed by atoms with Gasteiger partial charge in [-0.1, -0.05) is 18.2 Å². The van der Waals surface area contributed by atoms with Crippen molar-refractivity contribution in [3.63, 3.8) is 0 Å². The molecule has 1 atom stereocenters. The molecule has 88 valence electrons. The summed E-state index contributed by atoms with van der Waals surface area (Å²) >= 11 is 0. The molecule has 3 nitrogen and oxygen atoms in total. The Morgan fingerprint density at radius 2 is 2.25 bits per heavy atom. The molecule has 1 aromatic carbocycles. The van der Waals surface area contributed by atoms with Crippen LogP contribution in [0, 0.1) is 6.92 Å². The molecule has 0 aromatic heterocycles. The lowest BCUT2D eigenvalue weighted by Gasteiger charge is -2.15. The molecule has 0 unspecified atom stereocenters. The Balaban J connectivity index is 1.74. The van der Waals surface area contributed by atoms with E-state index in [1.54, 1.807) is 0 Å². The number of rotatable bonds is 4. The fraction of sp³-hybridized carbons (Fsp3) is 0.538. The molecule has 1 aliphatic rings. The van der Waals surface area contributed by atoms with Crippen molar-refractivity contribution in [1.29, 1.82) is 0 Å². The van der Waals surface area contributed by atoms with Crippen LogP contribution in [-0.4, -0.2) is 42.4 Å². The molecule has 0 aliphatic carbocycles. The number of aliphatic hydroxyl groups excluding tert-OH is 1. The van der Waals surface area contributed by atoms with E-state index < -0.39 is 0 Å². The standard InChI is InChI=1S/C13H19NO2/c1-11-4-2-3-5-13(11)16-9-8-14-7-6-12(15)10-14/h2-5,12,15H,6-10H2,1H3/t12-/m1/s1. The highest BCUT2D eigenvalue weighted by molar-refractivity contribution is 5.31. The summed E-state index contributed by atoms with van der Waals surface area (Å²) < 4.78 is 5.71. The summed E-state index contributed by atoms with van der Waals surface area (Å²) in [7, 11) is 0. The molecule has 16 heavy (non-hydrogen) atoms. The van der Waals surface area contributed by atoms with E-state index in [1.807, 2.05) is 18.2 Å². The van der Waals surface area contributed by atoms with Crippen LogP contribution in [0.4, 0.5) is 0 Å². The van der Waals surface area contributed by atoms with Crippen molar-refractivity contribution < 1.29 is 9.84 Å². The predicted molar refractivity (Wildman–Crippen MR) is 63.7 cm³/mol. The number of aliphatic hydroxyl groups is 1. The zero-order valence-electron chi connectivity index (χ0n) is 9.72. The molecule has 0 saturated carbocycles. The average Bonchev–Trinajstić information content (AvgIpc) is 2.67. The largest absolute Gasteiger partial charge is 0.492 e. The van der Waals surface area contributed by atoms with Crippen LogP contribution in [0.3, 0.4) is 0 Å². The molecule has 3 heteroatoms. The smallest absolute Gasteiger partial charge is 0.122 e. The van der Waals surface area contributed by atoms with Crippen molar-refractivity contribution in [3.8, 4) is 5.75 Å². The molecule has 0 spiro atoms. The van der Waals surface area contributed by atoms with Crippen molar-refractivity contribution >= 4 is 0 Å². The molecule has 1 N–H and O–H groups in total. The van der Waals surface area contributed by atoms with Gasteiger partial charge in [0.2, 0.25) is 0 Å². The fourth-order valence-electron chi connectivity index (χ4n) is 2.02. The number of likely N-dealkylation sites (tertiary alicyclic amines) is 1. The van der Waals surface area contributed by atoms with Crippen LogP contribution in [0.25, 0.3) is 0 Å². The molecule has 1 saturated heterocycles. The number of hydrogen-bond acceptors (Lipinski definition) is 3. The van der Waals surface area contributed by atoms with Gasteiger partial charge in [-0.3, -0.25) is 4.90 Å². The molecular formula is C13H19NO2. The fourth-order valence-corrected chi connectivity index (χ4v) is 2.02. The van der Waals surface area contributed by atoms with Crippen LogP contribution >= 0.6 is 0 Å². The normalized spacial score (nSPS) is 21.2. The molecule has 1 aromatic rings. The molecule has 2 rings (SSSR count). The highest BCUT2D eigenvalue weighted by Crippen LogP contribution is 2.16. The van der Waals surface area contributed by atoms with Gasteiger partial charge in [0, 0.05) is 19.6 Å². The van der Waals surface area contributed by atoms with Gasteiger partial charge < -0.3 is 9.84 Å². The maximum atomic E-state index is 9.38. The Hall–Kier alpha value is -1.06. The second-order valence-corrected chi connectivity index (χ2v) is 4.36. The van der Waals surface area contributed by atoms with Crippen LogP contribution in [0.1, 0.15) is 12.0 Å². The third kappa shape index (κ3) is 2.97. The summed E-state index contributed by atoms with van der Waals surface area (Å²) in [5, 5.41) is 9.38. The maximum Gasteiger partial charge on any atom is 0.122 e. The van der Waals surface area contributed by atoms with Crippen LogP contribution in [0.15, 0.2) is 24.3 Å². The van der Waals surface area contributed by atoms with E-state index in [1.165, 1.54) is 5.56 Å². The zero-order valence-corrected chi connectivity index (χ0v) is 9.72. The van der Waals surface area contributed by atoms with Crippen molar-refractivity contribution in [2.24, 2.45) is 0 Å². The van der Waals surface area contributed by atoms with E-state index in [2.05, 4.69) is 17.9 Å². The summed E-state index contributed by atoms with van der Waals surface area (Å²) in [6, 6.07) is 8.05. The molecule has 0 amide bonds. The van der Waals surface area contributed by atoms with Crippen LogP contribution in [-0.2, 0) is 0 Å². The third-order valence-corrected chi connectivity index (χ3v) is 3.01. The Morgan fingerprint density at radius 3 is 2.94 bits per heavy atom. The molecule has 1 aliphatic heterocycles. The number of para-hydroxylation sites is 1. The van der Waals surface area contributed by atoms with Gasteiger partial charge in [0.25, 0.3) is 0 Å². The van der Waals surface area contributed by atoms with E-state index in [4.69, 9.17) is 4.74 Å². The highest BCUT2D eigenvalue weighted by Gasteiger charge is 2.19. The van der Waals surface area contributed by atoms with E-state index in [9.17, 15) is 5.11 Å². The minimum Gasteiger partial charge on any atom is -0.492 e. The van der Waals surface area contributed by atoms with Gasteiger partial charge in [-0.05, 0) is 25.0 Å². The second-order valence-electron chi connectivity index (χ2n) is 4.36. The second kappa shape index (κ2) is 5.32. The number of aryl methyl sites for hydroxylation is 1. The van der Waals surface area contributed by atoms with Crippen molar-refractivity contribution in [2.75, 3.05) is 26.2 Å². The summed E-state index contributed by atoms with van der Waals surface area (Å²) in [5.74, 6) is 0.960. The Kier molecular flexibility index (Phi) is 3.80. The quantitative estimate of drug-likeness (QED) is 0.835. The van der Waals surface area contributed by atoms with Gasteiger partial charge in [0.15, 0.2) is 0 Å². The minimum atomic E-state index is -0.140. The van der Waals surface area contributed by atoms with Gasteiger partial charge in [0.1, 0.15) is 12.4 Å². The number of nitrogens with zero attached hydrogens (tertiary/aromatic N) is 1. The lowest BCUT2D eigenvalue weighted by atomic mass is 10.2. The first-order chi connectivity index (χ1) is 7.75. The Bertz CT molecular complexity index is 340. The maximum absolute atomic E-state index is 9.38. The van der Waals surface area contributed by atoms with Gasteiger partial charge >= 0.3 is 0 Å². The lowest BCUT2D eigenvalue weighted by Crippen LogP contribution is -2.27. The summed E-state index contributed by atoms with van der Waals surface area (Å²) in [6.45, 7) is 5.41. The molecule has 1 fully saturated rings. The van der Waals surface area contributed by atoms with E-state index in [0.29, 0.717) is 6.61 Å². The van der Waals surface area contributed by atoms with Gasteiger partial charge in [-0.15, -0.1) is 0 Å². The monoisotopic (exact) mass is 221 g/mol. The van der Waals surface area contributed by atoms with Gasteiger partial charge in [0.05, 0.1) is 6.10 Å². The van der Waals surface area contributed by atoms with Gasteiger partial charge in [-0.25, -0.2) is 0 Å². The Labute approximate surface area is 96.6 Å². The summed E-state index contributed by atoms with van der Waals surface area (Å²) in [6.07, 6.45) is 0.753. The summed E-state index contributed by atoms with van der Waals surface area (Å²) in [4.78, 5) is 2.24. The first-order valence-corrected chi connectivity index (χ1v) is 5.84. The number of ether oxygens (including phenoxy) is 1. The van der Waals surface area contributed by atoms with E-state index in [-0.39, 0.29) is 6.10 Å². The molecular weight excluding hydrogens is 202 g/mol.